The Kier molecular flexibility index (Phi) is 9.18. The van der Waals surface area contributed by atoms with E-state index in [1.54, 1.807) is 0 Å². The summed E-state index contributed by atoms with van der Waals surface area (Å²) in [4.78, 5) is 2.11. The van der Waals surface area contributed by atoms with Crippen LogP contribution in [0.5, 0.6) is 0 Å². The zero-order valence-electron chi connectivity index (χ0n) is 8.25. The molecule has 0 saturated heterocycles. The molecule has 2 N–H and O–H groups in total. The van der Waals surface area contributed by atoms with E-state index < -0.39 is 0 Å². The number of rotatable bonds is 8. The Morgan fingerprint density at radius 1 is 1.31 bits per heavy atom. The number of hydrogen-bond acceptors (Lipinski definition) is 3. The van der Waals surface area contributed by atoms with Gasteiger partial charge in [0.2, 0.25) is 0 Å². The lowest BCUT2D eigenvalue weighted by molar-refractivity contribution is 0.144. The zero-order chi connectivity index (χ0) is 10.1. The molecule has 13 heavy (non-hydrogen) atoms. The quantitative estimate of drug-likeness (QED) is 0.498. The minimum Gasteiger partial charge on any atom is -0.396 e. The maximum Gasteiger partial charge on any atom is 0.0763 e. The molecular weight excluding hydrogens is 234 g/mol. The standard InChI is InChI=1S/C9H20BrNO2/c1-11(8-9(13)7-10)5-3-2-4-6-12/h9,12-13H,2-8H2,1H3. The van der Waals surface area contributed by atoms with Crippen LogP contribution in [0.2, 0.25) is 0 Å². The lowest BCUT2D eigenvalue weighted by Gasteiger charge is -2.18. The minimum absolute atomic E-state index is 0.275. The number of likely N-dealkylation sites (N-methyl/N-ethyl adjacent to an activating group) is 1. The van der Waals surface area contributed by atoms with Gasteiger partial charge in [0, 0.05) is 18.5 Å². The van der Waals surface area contributed by atoms with Gasteiger partial charge in [0.05, 0.1) is 6.10 Å². The van der Waals surface area contributed by atoms with Gasteiger partial charge < -0.3 is 15.1 Å². The Bertz CT molecular complexity index is 114. The van der Waals surface area contributed by atoms with Crippen LogP contribution in [0, 0.1) is 0 Å². The lowest BCUT2D eigenvalue weighted by atomic mass is 10.2. The summed E-state index contributed by atoms with van der Waals surface area (Å²) in [7, 11) is 2.00. The third-order valence-corrected chi connectivity index (χ3v) is 2.65. The van der Waals surface area contributed by atoms with Crippen molar-refractivity contribution >= 4 is 15.9 Å². The van der Waals surface area contributed by atoms with Crippen LogP contribution in [0.15, 0.2) is 0 Å². The van der Waals surface area contributed by atoms with Crippen molar-refractivity contribution in [1.82, 2.24) is 4.90 Å². The van der Waals surface area contributed by atoms with Crippen molar-refractivity contribution in [2.75, 3.05) is 32.1 Å². The van der Waals surface area contributed by atoms with Crippen molar-refractivity contribution in [3.63, 3.8) is 0 Å². The summed E-state index contributed by atoms with van der Waals surface area (Å²) >= 11 is 3.23. The third-order valence-electron chi connectivity index (χ3n) is 1.90. The molecule has 0 radical (unpaired) electrons. The molecule has 0 aromatic heterocycles. The van der Waals surface area contributed by atoms with E-state index in [1.165, 1.54) is 0 Å². The second kappa shape index (κ2) is 8.94. The van der Waals surface area contributed by atoms with Crippen molar-refractivity contribution in [3.05, 3.63) is 0 Å². The van der Waals surface area contributed by atoms with Gasteiger partial charge in [0.1, 0.15) is 0 Å². The zero-order valence-corrected chi connectivity index (χ0v) is 9.83. The second-order valence-electron chi connectivity index (χ2n) is 3.35. The van der Waals surface area contributed by atoms with Crippen LogP contribution in [0.25, 0.3) is 0 Å². The number of halogens is 1. The van der Waals surface area contributed by atoms with Gasteiger partial charge in [-0.05, 0) is 32.9 Å². The first-order chi connectivity index (χ1) is 6.20. The number of alkyl halides is 1. The van der Waals surface area contributed by atoms with Gasteiger partial charge in [-0.2, -0.15) is 0 Å². The van der Waals surface area contributed by atoms with Crippen LogP contribution >= 0.6 is 15.9 Å². The molecule has 0 rings (SSSR count). The normalized spacial score (nSPS) is 13.6. The molecule has 0 spiro atoms. The van der Waals surface area contributed by atoms with Crippen LogP contribution in [0.3, 0.4) is 0 Å². The highest BCUT2D eigenvalue weighted by Gasteiger charge is 2.05. The molecule has 0 aromatic rings. The Hall–Kier alpha value is 0.360. The molecular formula is C9H20BrNO2. The molecule has 1 unspecified atom stereocenters. The Labute approximate surface area is 88.9 Å². The van der Waals surface area contributed by atoms with Gasteiger partial charge in [0.15, 0.2) is 0 Å². The molecule has 0 aromatic carbocycles. The number of nitrogens with zero attached hydrogens (tertiary/aromatic N) is 1. The van der Waals surface area contributed by atoms with E-state index >= 15 is 0 Å². The maximum absolute atomic E-state index is 9.30. The average Bonchev–Trinajstić information content (AvgIpc) is 2.12. The van der Waals surface area contributed by atoms with Crippen molar-refractivity contribution in [2.24, 2.45) is 0 Å². The van der Waals surface area contributed by atoms with Crippen LogP contribution in [-0.4, -0.2) is 53.3 Å². The van der Waals surface area contributed by atoms with Gasteiger partial charge in [-0.3, -0.25) is 0 Å². The number of aliphatic hydroxyl groups is 2. The average molecular weight is 254 g/mol. The summed E-state index contributed by atoms with van der Waals surface area (Å²) in [5.74, 6) is 0. The number of aliphatic hydroxyl groups excluding tert-OH is 2. The maximum atomic E-state index is 9.30. The van der Waals surface area contributed by atoms with Gasteiger partial charge >= 0.3 is 0 Å². The minimum atomic E-state index is -0.275. The molecule has 0 saturated carbocycles. The van der Waals surface area contributed by atoms with E-state index in [1.807, 2.05) is 7.05 Å². The molecule has 0 bridgehead atoms. The fourth-order valence-electron chi connectivity index (χ4n) is 1.17. The molecule has 3 nitrogen and oxygen atoms in total. The highest BCUT2D eigenvalue weighted by atomic mass is 79.9. The first-order valence-corrected chi connectivity index (χ1v) is 5.86. The first kappa shape index (κ1) is 13.4. The fourth-order valence-corrected chi connectivity index (χ4v) is 1.37. The Balaban J connectivity index is 3.24. The van der Waals surface area contributed by atoms with Crippen molar-refractivity contribution in [3.8, 4) is 0 Å². The summed E-state index contributed by atoms with van der Waals surface area (Å²) in [5.41, 5.74) is 0. The number of unbranched alkanes of at least 4 members (excludes halogenated alkanes) is 2. The highest BCUT2D eigenvalue weighted by molar-refractivity contribution is 9.09. The van der Waals surface area contributed by atoms with Crippen molar-refractivity contribution in [1.29, 1.82) is 0 Å². The summed E-state index contributed by atoms with van der Waals surface area (Å²) in [6, 6.07) is 0. The molecule has 4 heteroatoms. The van der Waals surface area contributed by atoms with E-state index in [4.69, 9.17) is 5.11 Å². The second-order valence-corrected chi connectivity index (χ2v) is 4.00. The molecule has 0 aliphatic rings. The largest absolute Gasteiger partial charge is 0.396 e. The van der Waals surface area contributed by atoms with E-state index in [9.17, 15) is 5.11 Å². The molecule has 0 aliphatic carbocycles. The SMILES string of the molecule is CN(CCCCCO)CC(O)CBr. The first-order valence-electron chi connectivity index (χ1n) is 4.74. The van der Waals surface area contributed by atoms with E-state index in [2.05, 4.69) is 20.8 Å². The van der Waals surface area contributed by atoms with Crippen molar-refractivity contribution < 1.29 is 10.2 Å². The predicted octanol–water partition coefficient (Wildman–Crippen LogP) is 0.837. The monoisotopic (exact) mass is 253 g/mol. The molecule has 0 fully saturated rings. The van der Waals surface area contributed by atoms with E-state index in [-0.39, 0.29) is 12.7 Å². The third kappa shape index (κ3) is 8.68. The molecule has 0 amide bonds. The summed E-state index contributed by atoms with van der Waals surface area (Å²) in [6.45, 7) is 1.99. The fraction of sp³-hybridized carbons (Fsp3) is 1.00. The van der Waals surface area contributed by atoms with Gasteiger partial charge in [-0.25, -0.2) is 0 Å². The molecule has 0 heterocycles. The summed E-state index contributed by atoms with van der Waals surface area (Å²) < 4.78 is 0. The molecule has 1 atom stereocenters. The Morgan fingerprint density at radius 3 is 2.54 bits per heavy atom. The summed E-state index contributed by atoms with van der Waals surface area (Å²) in [5, 5.41) is 18.5. The molecule has 0 aliphatic heterocycles. The van der Waals surface area contributed by atoms with Gasteiger partial charge in [-0.15, -0.1) is 0 Å². The van der Waals surface area contributed by atoms with E-state index in [0.717, 1.165) is 25.8 Å². The van der Waals surface area contributed by atoms with E-state index in [0.29, 0.717) is 11.9 Å². The smallest absolute Gasteiger partial charge is 0.0763 e. The lowest BCUT2D eigenvalue weighted by Crippen LogP contribution is -2.30. The van der Waals surface area contributed by atoms with Gasteiger partial charge in [0.25, 0.3) is 0 Å². The summed E-state index contributed by atoms with van der Waals surface area (Å²) in [6.07, 6.45) is 2.76. The number of hydrogen-bond donors (Lipinski definition) is 2. The molecule has 80 valence electrons. The van der Waals surface area contributed by atoms with Crippen LogP contribution in [0.1, 0.15) is 19.3 Å². The predicted molar refractivity (Wildman–Crippen MR) is 58.2 cm³/mol. The van der Waals surface area contributed by atoms with Gasteiger partial charge in [-0.1, -0.05) is 15.9 Å². The topological polar surface area (TPSA) is 43.7 Å². The van der Waals surface area contributed by atoms with Crippen LogP contribution in [-0.2, 0) is 0 Å². The Morgan fingerprint density at radius 2 is 2.00 bits per heavy atom. The van der Waals surface area contributed by atoms with Crippen molar-refractivity contribution in [2.45, 2.75) is 25.4 Å². The van der Waals surface area contributed by atoms with Crippen LogP contribution in [0.4, 0.5) is 0 Å². The highest BCUT2D eigenvalue weighted by Crippen LogP contribution is 1.99. The van der Waals surface area contributed by atoms with Crippen LogP contribution < -0.4 is 0 Å².